The number of carbonyl (C=O) groups is 1. The van der Waals surface area contributed by atoms with Crippen molar-refractivity contribution in [3.05, 3.63) is 48.3 Å². The van der Waals surface area contributed by atoms with Gasteiger partial charge in [-0.1, -0.05) is 31.5 Å². The van der Waals surface area contributed by atoms with E-state index < -0.39 is 0 Å². The van der Waals surface area contributed by atoms with E-state index in [9.17, 15) is 4.79 Å². The summed E-state index contributed by atoms with van der Waals surface area (Å²) in [5, 5.41) is 7.33. The van der Waals surface area contributed by atoms with Crippen molar-refractivity contribution < 1.29 is 4.79 Å². The molecule has 1 unspecified atom stereocenters. The van der Waals surface area contributed by atoms with Crippen molar-refractivity contribution in [2.45, 2.75) is 45.2 Å². The highest BCUT2D eigenvalue weighted by Crippen LogP contribution is 2.21. The number of anilines is 1. The molecule has 24 heavy (non-hydrogen) atoms. The first-order valence-electron chi connectivity index (χ1n) is 8.88. The lowest BCUT2D eigenvalue weighted by Crippen LogP contribution is -2.30. The number of rotatable bonds is 6. The Morgan fingerprint density at radius 2 is 2.00 bits per heavy atom. The van der Waals surface area contributed by atoms with Crippen molar-refractivity contribution in [2.75, 3.05) is 18.4 Å². The number of aromatic nitrogens is 2. The number of nitrogens with zero attached hydrogens (tertiary/aromatic N) is 3. The van der Waals surface area contributed by atoms with E-state index >= 15 is 0 Å². The maximum absolute atomic E-state index is 12.7. The minimum atomic E-state index is -0.275. The second kappa shape index (κ2) is 8.11. The van der Waals surface area contributed by atoms with E-state index in [0.717, 1.165) is 25.3 Å². The molecule has 0 radical (unpaired) electrons. The van der Waals surface area contributed by atoms with Gasteiger partial charge in [0.15, 0.2) is 0 Å². The molecule has 0 spiro atoms. The highest BCUT2D eigenvalue weighted by Gasteiger charge is 2.20. The molecule has 1 aliphatic rings. The predicted molar refractivity (Wildman–Crippen MR) is 95.8 cm³/mol. The van der Waals surface area contributed by atoms with Gasteiger partial charge in [-0.15, -0.1) is 0 Å². The molecule has 5 nitrogen and oxygen atoms in total. The number of hydrogen-bond donors (Lipinski definition) is 1. The molecule has 1 atom stereocenters. The Labute approximate surface area is 143 Å². The Balaban J connectivity index is 1.71. The Morgan fingerprint density at radius 3 is 2.71 bits per heavy atom. The van der Waals surface area contributed by atoms with Crippen LogP contribution in [0.4, 0.5) is 5.69 Å². The Morgan fingerprint density at radius 1 is 1.21 bits per heavy atom. The fourth-order valence-corrected chi connectivity index (χ4v) is 3.31. The molecule has 3 rings (SSSR count). The summed E-state index contributed by atoms with van der Waals surface area (Å²) < 4.78 is 1.72. The molecule has 2 aromatic rings. The monoisotopic (exact) mass is 326 g/mol. The molecule has 1 aliphatic heterocycles. The van der Waals surface area contributed by atoms with E-state index in [-0.39, 0.29) is 11.9 Å². The van der Waals surface area contributed by atoms with Gasteiger partial charge in [-0.25, -0.2) is 0 Å². The van der Waals surface area contributed by atoms with Gasteiger partial charge in [0, 0.05) is 24.6 Å². The third-order valence-electron chi connectivity index (χ3n) is 4.65. The summed E-state index contributed by atoms with van der Waals surface area (Å²) in [4.78, 5) is 15.2. The second-order valence-corrected chi connectivity index (χ2v) is 6.39. The average molecular weight is 326 g/mol. The summed E-state index contributed by atoms with van der Waals surface area (Å²) >= 11 is 0. The quantitative estimate of drug-likeness (QED) is 0.884. The number of piperidine rings is 1. The van der Waals surface area contributed by atoms with Crippen LogP contribution in [0, 0.1) is 0 Å². The molecule has 1 aromatic heterocycles. The molecule has 1 amide bonds. The lowest BCUT2D eigenvalue weighted by atomic mass is 10.1. The van der Waals surface area contributed by atoms with E-state index in [2.05, 4.69) is 21.4 Å². The number of likely N-dealkylation sites (tertiary alicyclic amines) is 1. The van der Waals surface area contributed by atoms with Gasteiger partial charge in [-0.3, -0.25) is 14.4 Å². The average Bonchev–Trinajstić information content (AvgIpc) is 3.12. The summed E-state index contributed by atoms with van der Waals surface area (Å²) in [6.07, 6.45) is 8.13. The van der Waals surface area contributed by atoms with Gasteiger partial charge >= 0.3 is 0 Å². The number of amides is 1. The van der Waals surface area contributed by atoms with Crippen LogP contribution in [0.1, 0.15) is 44.2 Å². The topological polar surface area (TPSA) is 50.2 Å². The largest absolute Gasteiger partial charge is 0.324 e. The van der Waals surface area contributed by atoms with Crippen LogP contribution in [-0.4, -0.2) is 33.7 Å². The zero-order valence-electron chi connectivity index (χ0n) is 14.3. The number of para-hydroxylation sites is 1. The van der Waals surface area contributed by atoms with Gasteiger partial charge < -0.3 is 5.32 Å². The molecule has 0 bridgehead atoms. The smallest absolute Gasteiger partial charge is 0.249 e. The third-order valence-corrected chi connectivity index (χ3v) is 4.65. The maximum atomic E-state index is 12.7. The lowest BCUT2D eigenvalue weighted by Gasteiger charge is -2.27. The van der Waals surface area contributed by atoms with E-state index in [1.54, 1.807) is 10.9 Å². The van der Waals surface area contributed by atoms with Crippen molar-refractivity contribution in [1.29, 1.82) is 0 Å². The Bertz CT molecular complexity index is 647. The highest BCUT2D eigenvalue weighted by molar-refractivity contribution is 5.94. The summed E-state index contributed by atoms with van der Waals surface area (Å²) in [6.45, 7) is 5.20. The van der Waals surface area contributed by atoms with Crippen LogP contribution in [0.2, 0.25) is 0 Å². The van der Waals surface area contributed by atoms with Gasteiger partial charge in [-0.05, 0) is 50.0 Å². The molecule has 2 heterocycles. The second-order valence-electron chi connectivity index (χ2n) is 6.39. The molecule has 0 aliphatic carbocycles. The number of benzene rings is 1. The van der Waals surface area contributed by atoms with Crippen LogP contribution < -0.4 is 5.32 Å². The Hall–Kier alpha value is -2.14. The van der Waals surface area contributed by atoms with Crippen LogP contribution >= 0.6 is 0 Å². The summed E-state index contributed by atoms with van der Waals surface area (Å²) in [7, 11) is 0. The zero-order chi connectivity index (χ0) is 16.8. The minimum Gasteiger partial charge on any atom is -0.324 e. The summed E-state index contributed by atoms with van der Waals surface area (Å²) in [6, 6.07) is 9.69. The number of hydrogen-bond acceptors (Lipinski definition) is 3. The molecule has 128 valence electrons. The van der Waals surface area contributed by atoms with E-state index in [1.807, 2.05) is 37.4 Å². The Kier molecular flexibility index (Phi) is 5.64. The first-order chi connectivity index (χ1) is 11.8. The molecular weight excluding hydrogens is 300 g/mol. The lowest BCUT2D eigenvalue weighted by molar-refractivity contribution is -0.119. The van der Waals surface area contributed by atoms with Crippen molar-refractivity contribution >= 4 is 11.6 Å². The van der Waals surface area contributed by atoms with Crippen LogP contribution in [-0.2, 0) is 11.3 Å². The molecule has 1 saturated heterocycles. The molecule has 1 N–H and O–H groups in total. The molecule has 1 aromatic carbocycles. The normalized spacial score (nSPS) is 16.7. The van der Waals surface area contributed by atoms with Crippen LogP contribution in [0.25, 0.3) is 0 Å². The van der Waals surface area contributed by atoms with E-state index in [0.29, 0.717) is 6.42 Å². The standard InChI is InChI=1S/C19H26N4O/c1-2-18(23-14-8-11-20-23)19(24)21-17-10-5-4-9-16(17)15-22-12-6-3-7-13-22/h4-5,8-11,14,18H,2-3,6-7,12-13,15H2,1H3,(H,21,24). The summed E-state index contributed by atoms with van der Waals surface area (Å²) in [5.41, 5.74) is 2.10. The van der Waals surface area contributed by atoms with Gasteiger partial charge in [0.1, 0.15) is 6.04 Å². The van der Waals surface area contributed by atoms with E-state index in [1.165, 1.54) is 24.8 Å². The molecule has 0 saturated carbocycles. The highest BCUT2D eigenvalue weighted by atomic mass is 16.2. The number of nitrogens with one attached hydrogen (secondary N) is 1. The van der Waals surface area contributed by atoms with Gasteiger partial charge in [0.05, 0.1) is 0 Å². The van der Waals surface area contributed by atoms with Gasteiger partial charge in [0.2, 0.25) is 5.91 Å². The van der Waals surface area contributed by atoms with Crippen LogP contribution in [0.5, 0.6) is 0 Å². The van der Waals surface area contributed by atoms with Crippen molar-refractivity contribution in [1.82, 2.24) is 14.7 Å². The number of carbonyl (C=O) groups excluding carboxylic acids is 1. The van der Waals surface area contributed by atoms with Gasteiger partial charge in [-0.2, -0.15) is 5.10 Å². The minimum absolute atomic E-state index is 0.00714. The first kappa shape index (κ1) is 16.7. The molecular formula is C19H26N4O. The SMILES string of the molecule is CCC(C(=O)Nc1ccccc1CN1CCCCC1)n1cccn1. The molecule has 5 heteroatoms. The fraction of sp³-hybridized carbons (Fsp3) is 0.474. The third kappa shape index (κ3) is 4.03. The first-order valence-corrected chi connectivity index (χ1v) is 8.88. The van der Waals surface area contributed by atoms with E-state index in [4.69, 9.17) is 0 Å². The van der Waals surface area contributed by atoms with Crippen molar-refractivity contribution in [2.24, 2.45) is 0 Å². The van der Waals surface area contributed by atoms with Crippen molar-refractivity contribution in [3.63, 3.8) is 0 Å². The summed E-state index contributed by atoms with van der Waals surface area (Å²) in [5.74, 6) is -0.00714. The van der Waals surface area contributed by atoms with Crippen LogP contribution in [0.15, 0.2) is 42.7 Å². The maximum Gasteiger partial charge on any atom is 0.249 e. The van der Waals surface area contributed by atoms with Crippen LogP contribution in [0.3, 0.4) is 0 Å². The van der Waals surface area contributed by atoms with Crippen molar-refractivity contribution in [3.8, 4) is 0 Å². The zero-order valence-corrected chi connectivity index (χ0v) is 14.3. The molecule has 1 fully saturated rings. The van der Waals surface area contributed by atoms with Gasteiger partial charge in [0.25, 0.3) is 0 Å². The predicted octanol–water partition coefficient (Wildman–Crippen LogP) is 3.46. The fourth-order valence-electron chi connectivity index (χ4n) is 3.31.